The Labute approximate surface area is 228 Å². The predicted octanol–water partition coefficient (Wildman–Crippen LogP) is 6.69. The lowest BCUT2D eigenvalue weighted by Gasteiger charge is -2.26. The first-order valence-electron chi connectivity index (χ1n) is 11.1. The third-order valence-corrected chi connectivity index (χ3v) is 6.61. The fraction of sp³-hybridized carbons (Fsp3) is 0.185. The molecule has 192 valence electrons. The number of nitrogens with zero attached hydrogens (tertiary/aromatic N) is 1. The van der Waals surface area contributed by atoms with Crippen LogP contribution in [0.15, 0.2) is 60.2 Å². The number of Topliss-reactive ketones (excluding diaryl/α,β-unsaturated/α-hetero) is 1. The molecule has 1 unspecified atom stereocenters. The van der Waals surface area contributed by atoms with Gasteiger partial charge in [-0.2, -0.15) is 0 Å². The van der Waals surface area contributed by atoms with Crippen LogP contribution in [0.4, 0.5) is 5.69 Å². The summed E-state index contributed by atoms with van der Waals surface area (Å²) in [5.41, 5.74) is 0.854. The zero-order valence-electron chi connectivity index (χ0n) is 20.1. The summed E-state index contributed by atoms with van der Waals surface area (Å²) in [4.78, 5) is 28.1. The maximum absolute atomic E-state index is 13.4. The number of aliphatic hydroxyl groups is 1. The minimum Gasteiger partial charge on any atom is -0.507 e. The van der Waals surface area contributed by atoms with Gasteiger partial charge in [0.25, 0.3) is 11.7 Å². The van der Waals surface area contributed by atoms with Crippen LogP contribution in [0.2, 0.25) is 15.1 Å². The fourth-order valence-electron chi connectivity index (χ4n) is 4.22. The second-order valence-corrected chi connectivity index (χ2v) is 9.22. The Bertz CT molecular complexity index is 1400. The number of methoxy groups -OCH3 is 2. The van der Waals surface area contributed by atoms with Crippen molar-refractivity contribution in [3.05, 3.63) is 86.4 Å². The number of ether oxygens (including phenoxy) is 3. The molecule has 1 amide bonds. The molecule has 4 rings (SSSR count). The van der Waals surface area contributed by atoms with Crippen molar-refractivity contribution in [3.63, 3.8) is 0 Å². The molecule has 1 N–H and O–H groups in total. The molecule has 0 spiro atoms. The molecule has 10 heteroatoms. The van der Waals surface area contributed by atoms with Gasteiger partial charge in [-0.1, -0.05) is 46.9 Å². The number of benzene rings is 3. The summed E-state index contributed by atoms with van der Waals surface area (Å²) >= 11 is 18.8. The Kier molecular flexibility index (Phi) is 7.87. The summed E-state index contributed by atoms with van der Waals surface area (Å²) in [6.07, 6.45) is 0. The summed E-state index contributed by atoms with van der Waals surface area (Å²) in [7, 11) is 2.91. The van der Waals surface area contributed by atoms with Gasteiger partial charge < -0.3 is 19.3 Å². The molecule has 0 saturated carbocycles. The van der Waals surface area contributed by atoms with Gasteiger partial charge in [-0.15, -0.1) is 0 Å². The number of hydrogen-bond acceptors (Lipinski definition) is 6. The number of hydrogen-bond donors (Lipinski definition) is 1. The third kappa shape index (κ3) is 4.94. The summed E-state index contributed by atoms with van der Waals surface area (Å²) < 4.78 is 16.3. The maximum Gasteiger partial charge on any atom is 0.300 e. The minimum atomic E-state index is -1.02. The molecule has 0 bridgehead atoms. The van der Waals surface area contributed by atoms with Gasteiger partial charge in [-0.25, -0.2) is 0 Å². The van der Waals surface area contributed by atoms with Crippen molar-refractivity contribution in [1.29, 1.82) is 0 Å². The van der Waals surface area contributed by atoms with Crippen molar-refractivity contribution >= 4 is 57.9 Å². The number of amides is 1. The average molecular weight is 563 g/mol. The van der Waals surface area contributed by atoms with Crippen LogP contribution in [0.1, 0.15) is 24.1 Å². The maximum atomic E-state index is 13.4. The van der Waals surface area contributed by atoms with E-state index < -0.39 is 23.5 Å². The molecular formula is C27H22Cl3NO6. The normalized spacial score (nSPS) is 16.7. The van der Waals surface area contributed by atoms with E-state index in [0.29, 0.717) is 34.4 Å². The molecule has 37 heavy (non-hydrogen) atoms. The second kappa shape index (κ2) is 10.9. The Morgan fingerprint density at radius 2 is 1.65 bits per heavy atom. The van der Waals surface area contributed by atoms with Gasteiger partial charge in [0.1, 0.15) is 5.76 Å². The van der Waals surface area contributed by atoms with Crippen LogP contribution >= 0.6 is 34.8 Å². The molecule has 1 atom stereocenters. The topological polar surface area (TPSA) is 85.3 Å². The summed E-state index contributed by atoms with van der Waals surface area (Å²) in [5, 5.41) is 12.0. The first-order valence-corrected chi connectivity index (χ1v) is 12.3. The van der Waals surface area contributed by atoms with Gasteiger partial charge in [0, 0.05) is 16.3 Å². The molecule has 7 nitrogen and oxygen atoms in total. The Hall–Kier alpha value is -3.39. The molecule has 1 fully saturated rings. The molecule has 1 aliphatic rings. The summed E-state index contributed by atoms with van der Waals surface area (Å²) in [5.74, 6) is -1.08. The number of rotatable bonds is 7. The lowest BCUT2D eigenvalue weighted by molar-refractivity contribution is -0.132. The Balaban J connectivity index is 1.99. The van der Waals surface area contributed by atoms with Crippen LogP contribution in [-0.2, 0) is 9.59 Å². The number of anilines is 1. The third-order valence-electron chi connectivity index (χ3n) is 5.81. The molecular weight excluding hydrogens is 541 g/mol. The smallest absolute Gasteiger partial charge is 0.300 e. The van der Waals surface area contributed by atoms with Crippen LogP contribution in [-0.4, -0.2) is 37.6 Å². The van der Waals surface area contributed by atoms with E-state index in [1.165, 1.54) is 31.3 Å². The van der Waals surface area contributed by atoms with Crippen LogP contribution in [0, 0.1) is 0 Å². The van der Waals surface area contributed by atoms with Crippen molar-refractivity contribution in [1.82, 2.24) is 0 Å². The van der Waals surface area contributed by atoms with Gasteiger partial charge >= 0.3 is 0 Å². The first-order chi connectivity index (χ1) is 17.7. The lowest BCUT2D eigenvalue weighted by Crippen LogP contribution is -2.29. The van der Waals surface area contributed by atoms with E-state index in [1.54, 1.807) is 42.5 Å². The highest BCUT2D eigenvalue weighted by Crippen LogP contribution is 2.45. The van der Waals surface area contributed by atoms with E-state index in [2.05, 4.69) is 0 Å². The van der Waals surface area contributed by atoms with E-state index in [9.17, 15) is 14.7 Å². The standard InChI is InChI=1S/C27H22Cl3NO6/c1-4-37-21-12-14(8-9-20(21)35-2)23-22(24(32)15-10-18(29)26(36-3)19(30)11-15)25(33)27(34)31(23)17-7-5-6-16(28)13-17/h5-13,23,32H,4H2,1-3H3/b24-22+. The molecule has 0 radical (unpaired) electrons. The highest BCUT2D eigenvalue weighted by molar-refractivity contribution is 6.52. The SMILES string of the molecule is CCOc1cc(C2/C(=C(\O)c3cc(Cl)c(OC)c(Cl)c3)C(=O)C(=O)N2c2cccc(Cl)c2)ccc1OC. The van der Waals surface area contributed by atoms with E-state index in [1.807, 2.05) is 6.92 Å². The van der Waals surface area contributed by atoms with Crippen LogP contribution in [0.5, 0.6) is 17.2 Å². The van der Waals surface area contributed by atoms with Crippen molar-refractivity contribution in [2.45, 2.75) is 13.0 Å². The zero-order chi connectivity index (χ0) is 26.9. The molecule has 3 aromatic carbocycles. The molecule has 1 saturated heterocycles. The van der Waals surface area contributed by atoms with Crippen molar-refractivity contribution in [2.24, 2.45) is 0 Å². The zero-order valence-corrected chi connectivity index (χ0v) is 22.3. The molecule has 1 aliphatic heterocycles. The van der Waals surface area contributed by atoms with Crippen LogP contribution in [0.3, 0.4) is 0 Å². The largest absolute Gasteiger partial charge is 0.507 e. The van der Waals surface area contributed by atoms with E-state index in [0.717, 1.165) is 0 Å². The van der Waals surface area contributed by atoms with Gasteiger partial charge in [0.2, 0.25) is 0 Å². The summed E-state index contributed by atoms with van der Waals surface area (Å²) in [6.45, 7) is 2.18. The van der Waals surface area contributed by atoms with Crippen molar-refractivity contribution < 1.29 is 28.9 Å². The molecule has 0 aromatic heterocycles. The van der Waals surface area contributed by atoms with E-state index >= 15 is 0 Å². The number of carbonyl (C=O) groups excluding carboxylic acids is 2. The van der Waals surface area contributed by atoms with Gasteiger partial charge in [0.15, 0.2) is 17.2 Å². The van der Waals surface area contributed by atoms with Crippen LogP contribution in [0.25, 0.3) is 5.76 Å². The number of ketones is 1. The van der Waals surface area contributed by atoms with E-state index in [-0.39, 0.29) is 26.9 Å². The van der Waals surface area contributed by atoms with Gasteiger partial charge in [-0.3, -0.25) is 14.5 Å². The van der Waals surface area contributed by atoms with Crippen LogP contribution < -0.4 is 19.1 Å². The number of aliphatic hydroxyl groups excluding tert-OH is 1. The minimum absolute atomic E-state index is 0.125. The average Bonchev–Trinajstić information content (AvgIpc) is 3.13. The highest BCUT2D eigenvalue weighted by Gasteiger charge is 2.47. The number of halogens is 3. The molecule has 0 aliphatic carbocycles. The van der Waals surface area contributed by atoms with Gasteiger partial charge in [-0.05, 0) is 55.0 Å². The Morgan fingerprint density at radius 1 is 0.946 bits per heavy atom. The highest BCUT2D eigenvalue weighted by atomic mass is 35.5. The summed E-state index contributed by atoms with van der Waals surface area (Å²) in [6, 6.07) is 13.3. The lowest BCUT2D eigenvalue weighted by atomic mass is 9.94. The molecule has 3 aromatic rings. The van der Waals surface area contributed by atoms with Gasteiger partial charge in [0.05, 0.1) is 42.5 Å². The second-order valence-electron chi connectivity index (χ2n) is 7.97. The monoisotopic (exact) mass is 561 g/mol. The van der Waals surface area contributed by atoms with Crippen molar-refractivity contribution in [2.75, 3.05) is 25.7 Å². The first kappa shape index (κ1) is 26.7. The predicted molar refractivity (Wildman–Crippen MR) is 143 cm³/mol. The number of carbonyl (C=O) groups is 2. The Morgan fingerprint density at radius 3 is 2.24 bits per heavy atom. The van der Waals surface area contributed by atoms with Crippen molar-refractivity contribution in [3.8, 4) is 17.2 Å². The molecule has 1 heterocycles. The van der Waals surface area contributed by atoms with E-state index in [4.69, 9.17) is 49.0 Å². The quantitative estimate of drug-likeness (QED) is 0.196. The fourth-order valence-corrected chi connectivity index (χ4v) is 5.04.